The Labute approximate surface area is 134 Å². The molecule has 0 spiro atoms. The predicted octanol–water partition coefficient (Wildman–Crippen LogP) is 3.07. The Balaban J connectivity index is 2.17. The lowest BCUT2D eigenvalue weighted by Gasteiger charge is -2.22. The molecule has 8 heteroatoms. The molecule has 1 unspecified atom stereocenters. The van der Waals surface area contributed by atoms with Gasteiger partial charge in [0.05, 0.1) is 7.57 Å². The average Bonchev–Trinajstić information content (AvgIpc) is 2.96. The van der Waals surface area contributed by atoms with Crippen molar-refractivity contribution < 1.29 is 8.42 Å². The predicted molar refractivity (Wildman–Crippen MR) is 84.8 cm³/mol. The zero-order chi connectivity index (χ0) is 14.0. The maximum Gasteiger partial charge on any atom is 0.242 e. The van der Waals surface area contributed by atoms with Gasteiger partial charge in [-0.05, 0) is 56.7 Å². The van der Waals surface area contributed by atoms with Crippen molar-refractivity contribution in [3.8, 4) is 0 Å². The van der Waals surface area contributed by atoms with Crippen molar-refractivity contribution in [3.63, 3.8) is 0 Å². The van der Waals surface area contributed by atoms with E-state index in [2.05, 4.69) is 36.6 Å². The summed E-state index contributed by atoms with van der Waals surface area (Å²) in [5, 5.41) is 0. The van der Waals surface area contributed by atoms with Crippen LogP contribution in [0.25, 0.3) is 0 Å². The first-order valence-electron chi connectivity index (χ1n) is 6.11. The molecule has 1 aliphatic rings. The van der Waals surface area contributed by atoms with Gasteiger partial charge in [-0.15, -0.1) is 11.3 Å². The largest absolute Gasteiger partial charge is 0.329 e. The first kappa shape index (κ1) is 15.9. The highest BCUT2D eigenvalue weighted by Crippen LogP contribution is 2.35. The van der Waals surface area contributed by atoms with E-state index in [4.69, 9.17) is 5.73 Å². The van der Waals surface area contributed by atoms with Crippen LogP contribution in [0.1, 0.15) is 25.7 Å². The molecule has 2 rings (SSSR count). The Bertz CT molecular complexity index is 539. The van der Waals surface area contributed by atoms with Gasteiger partial charge in [0.2, 0.25) is 10.0 Å². The van der Waals surface area contributed by atoms with E-state index in [1.807, 2.05) is 0 Å². The van der Waals surface area contributed by atoms with Crippen LogP contribution >= 0.6 is 43.2 Å². The monoisotopic (exact) mass is 430 g/mol. The summed E-state index contributed by atoms with van der Waals surface area (Å²) in [6, 6.07) is 1.44. The van der Waals surface area contributed by atoms with E-state index in [1.54, 1.807) is 6.07 Å². The summed E-state index contributed by atoms with van der Waals surface area (Å²) in [7, 11) is -3.52. The van der Waals surface area contributed by atoms with Gasteiger partial charge in [0.1, 0.15) is 4.90 Å². The average molecular weight is 432 g/mol. The third-order valence-corrected chi connectivity index (χ3v) is 7.69. The van der Waals surface area contributed by atoms with Crippen LogP contribution in [-0.2, 0) is 10.0 Å². The summed E-state index contributed by atoms with van der Waals surface area (Å²) < 4.78 is 28.9. The van der Waals surface area contributed by atoms with E-state index in [1.165, 1.54) is 11.3 Å². The number of hydrogen-bond donors (Lipinski definition) is 2. The number of hydrogen-bond acceptors (Lipinski definition) is 4. The topological polar surface area (TPSA) is 72.2 Å². The fourth-order valence-corrected chi connectivity index (χ4v) is 7.60. The zero-order valence-electron chi connectivity index (χ0n) is 10.2. The van der Waals surface area contributed by atoms with Crippen molar-refractivity contribution in [2.45, 2.75) is 36.6 Å². The third-order valence-electron chi connectivity index (χ3n) is 3.44. The van der Waals surface area contributed by atoms with Crippen LogP contribution in [0.15, 0.2) is 18.5 Å². The number of nitrogens with one attached hydrogen (secondary N) is 1. The Morgan fingerprint density at radius 1 is 1.42 bits per heavy atom. The van der Waals surface area contributed by atoms with E-state index in [9.17, 15) is 8.42 Å². The first-order chi connectivity index (χ1) is 8.94. The molecule has 3 N–H and O–H groups in total. The highest BCUT2D eigenvalue weighted by molar-refractivity contribution is 9.12. The highest BCUT2D eigenvalue weighted by Gasteiger charge is 2.29. The molecule has 1 fully saturated rings. The molecular formula is C11H16Br2N2O2S2. The van der Waals surface area contributed by atoms with Crippen molar-refractivity contribution in [1.82, 2.24) is 4.72 Å². The smallest absolute Gasteiger partial charge is 0.242 e. The molecule has 19 heavy (non-hydrogen) atoms. The first-order valence-corrected chi connectivity index (χ1v) is 10.00. The van der Waals surface area contributed by atoms with E-state index >= 15 is 0 Å². The van der Waals surface area contributed by atoms with Crippen LogP contribution in [0.5, 0.6) is 0 Å². The molecule has 0 amide bonds. The van der Waals surface area contributed by atoms with Gasteiger partial charge in [-0.2, -0.15) is 0 Å². The Morgan fingerprint density at radius 3 is 2.53 bits per heavy atom. The normalized spacial score (nSPS) is 18.9. The van der Waals surface area contributed by atoms with Gasteiger partial charge in [-0.3, -0.25) is 0 Å². The molecule has 0 aliphatic heterocycles. The fraction of sp³-hybridized carbons (Fsp3) is 0.636. The molecule has 0 bridgehead atoms. The van der Waals surface area contributed by atoms with Gasteiger partial charge in [-0.25, -0.2) is 13.1 Å². The number of halogens is 2. The highest BCUT2D eigenvalue weighted by atomic mass is 79.9. The Hall–Kier alpha value is 0.530. The maximum absolute atomic E-state index is 12.4. The SMILES string of the molecule is NCC(NS(=O)(=O)c1cc(Br)sc1Br)C1CCCC1. The van der Waals surface area contributed by atoms with Crippen LogP contribution < -0.4 is 10.5 Å². The molecule has 0 aromatic carbocycles. The zero-order valence-corrected chi connectivity index (χ0v) is 15.0. The molecule has 1 atom stereocenters. The van der Waals surface area contributed by atoms with E-state index in [0.717, 1.165) is 29.5 Å². The van der Waals surface area contributed by atoms with Crippen molar-refractivity contribution in [2.75, 3.05) is 6.54 Å². The molecular weight excluding hydrogens is 416 g/mol. The Morgan fingerprint density at radius 2 is 2.05 bits per heavy atom. The second kappa shape index (κ2) is 6.53. The molecule has 1 aromatic heterocycles. The van der Waals surface area contributed by atoms with E-state index in [0.29, 0.717) is 16.2 Å². The maximum atomic E-state index is 12.4. The second-order valence-electron chi connectivity index (χ2n) is 4.70. The van der Waals surface area contributed by atoms with E-state index < -0.39 is 10.0 Å². The van der Waals surface area contributed by atoms with Crippen LogP contribution in [0.4, 0.5) is 0 Å². The van der Waals surface area contributed by atoms with Crippen molar-refractivity contribution in [2.24, 2.45) is 11.7 Å². The standard InChI is InChI=1S/C11H16Br2N2O2S2/c12-10-5-9(11(13)18-10)19(16,17)15-8(6-14)7-3-1-2-4-7/h5,7-8,15H,1-4,6,14H2. The molecule has 1 saturated carbocycles. The molecule has 1 aliphatic carbocycles. The number of nitrogens with two attached hydrogens (primary N) is 1. The van der Waals surface area contributed by atoms with Crippen LogP contribution in [-0.4, -0.2) is 21.0 Å². The number of rotatable bonds is 5. The van der Waals surface area contributed by atoms with Gasteiger partial charge >= 0.3 is 0 Å². The summed E-state index contributed by atoms with van der Waals surface area (Å²) in [5.74, 6) is 0.362. The van der Waals surface area contributed by atoms with Gasteiger partial charge in [0.25, 0.3) is 0 Å². The summed E-state index contributed by atoms with van der Waals surface area (Å²) in [6.45, 7) is 0.340. The minimum atomic E-state index is -3.52. The molecule has 4 nitrogen and oxygen atoms in total. The third kappa shape index (κ3) is 3.79. The quantitative estimate of drug-likeness (QED) is 0.752. The summed E-state index contributed by atoms with van der Waals surface area (Å²) in [6.07, 6.45) is 4.44. The number of thiophene rings is 1. The van der Waals surface area contributed by atoms with Crippen LogP contribution in [0.2, 0.25) is 0 Å². The summed E-state index contributed by atoms with van der Waals surface area (Å²) >= 11 is 7.93. The lowest BCUT2D eigenvalue weighted by atomic mass is 9.99. The second-order valence-corrected chi connectivity index (χ2v) is 10.1. The van der Waals surface area contributed by atoms with Crippen LogP contribution in [0, 0.1) is 5.92 Å². The van der Waals surface area contributed by atoms with Gasteiger partial charge in [0.15, 0.2) is 0 Å². The fourth-order valence-electron chi connectivity index (χ4n) is 2.47. The van der Waals surface area contributed by atoms with E-state index in [-0.39, 0.29) is 10.9 Å². The summed E-state index contributed by atoms with van der Waals surface area (Å²) in [4.78, 5) is 0.279. The number of sulfonamides is 1. The summed E-state index contributed by atoms with van der Waals surface area (Å²) in [5.41, 5.74) is 5.74. The lowest BCUT2D eigenvalue weighted by molar-refractivity contribution is 0.405. The van der Waals surface area contributed by atoms with Gasteiger partial charge in [0, 0.05) is 12.6 Å². The molecule has 1 aromatic rings. The van der Waals surface area contributed by atoms with Crippen LogP contribution in [0.3, 0.4) is 0 Å². The lowest BCUT2D eigenvalue weighted by Crippen LogP contribution is -2.44. The minimum Gasteiger partial charge on any atom is -0.329 e. The molecule has 0 saturated heterocycles. The van der Waals surface area contributed by atoms with Gasteiger partial charge < -0.3 is 5.73 Å². The minimum absolute atomic E-state index is 0.168. The van der Waals surface area contributed by atoms with Gasteiger partial charge in [-0.1, -0.05) is 12.8 Å². The molecule has 108 valence electrons. The van der Waals surface area contributed by atoms with Crippen molar-refractivity contribution in [1.29, 1.82) is 0 Å². The molecule has 1 heterocycles. The van der Waals surface area contributed by atoms with Crippen molar-refractivity contribution in [3.05, 3.63) is 13.6 Å². The Kier molecular flexibility index (Phi) is 5.47. The molecule has 0 radical (unpaired) electrons. The van der Waals surface area contributed by atoms with Crippen molar-refractivity contribution >= 4 is 53.2 Å².